The van der Waals surface area contributed by atoms with Crippen molar-refractivity contribution in [1.29, 1.82) is 0 Å². The van der Waals surface area contributed by atoms with Crippen LogP contribution < -0.4 is 9.47 Å². The van der Waals surface area contributed by atoms with Gasteiger partial charge in [0.1, 0.15) is 24.2 Å². The summed E-state index contributed by atoms with van der Waals surface area (Å²) in [6.07, 6.45) is 0.986. The number of rotatable bonds is 8. The van der Waals surface area contributed by atoms with Gasteiger partial charge < -0.3 is 24.2 Å². The minimum absolute atomic E-state index is 0.00798. The maximum atomic E-state index is 11.7. The van der Waals surface area contributed by atoms with E-state index in [-0.39, 0.29) is 18.5 Å². The lowest BCUT2D eigenvalue weighted by Crippen LogP contribution is -2.42. The Morgan fingerprint density at radius 2 is 2.04 bits per heavy atom. The SMILES string of the molecule is CCOC(=O)C1CCN(C[C@@H](O)COc2cccc(OC)c2)CC1. The molecule has 1 saturated heterocycles. The molecule has 0 spiro atoms. The van der Waals surface area contributed by atoms with Gasteiger partial charge in [-0.15, -0.1) is 0 Å². The van der Waals surface area contributed by atoms with Crippen molar-refractivity contribution < 1.29 is 24.1 Å². The molecule has 24 heavy (non-hydrogen) atoms. The summed E-state index contributed by atoms with van der Waals surface area (Å²) in [7, 11) is 1.61. The third-order valence-electron chi connectivity index (χ3n) is 4.16. The van der Waals surface area contributed by atoms with E-state index >= 15 is 0 Å². The van der Waals surface area contributed by atoms with Crippen LogP contribution in [0.25, 0.3) is 0 Å². The van der Waals surface area contributed by atoms with Gasteiger partial charge in [-0.25, -0.2) is 0 Å². The first-order valence-electron chi connectivity index (χ1n) is 8.46. The number of aliphatic hydroxyl groups excluding tert-OH is 1. The number of piperidine rings is 1. The first-order chi connectivity index (χ1) is 11.6. The number of likely N-dealkylation sites (tertiary alicyclic amines) is 1. The highest BCUT2D eigenvalue weighted by atomic mass is 16.5. The molecule has 1 atom stereocenters. The van der Waals surface area contributed by atoms with Crippen molar-refractivity contribution >= 4 is 5.97 Å². The zero-order chi connectivity index (χ0) is 17.4. The molecule has 6 heteroatoms. The first-order valence-corrected chi connectivity index (χ1v) is 8.46. The fraction of sp³-hybridized carbons (Fsp3) is 0.611. The second-order valence-corrected chi connectivity index (χ2v) is 5.97. The van der Waals surface area contributed by atoms with Gasteiger partial charge in [0.05, 0.1) is 19.6 Å². The summed E-state index contributed by atoms with van der Waals surface area (Å²) >= 11 is 0. The molecule has 2 rings (SSSR count). The van der Waals surface area contributed by atoms with Gasteiger partial charge in [0.2, 0.25) is 0 Å². The summed E-state index contributed by atoms with van der Waals surface area (Å²) in [5.41, 5.74) is 0. The van der Waals surface area contributed by atoms with E-state index in [1.54, 1.807) is 13.2 Å². The molecule has 6 nitrogen and oxygen atoms in total. The van der Waals surface area contributed by atoms with Gasteiger partial charge >= 0.3 is 5.97 Å². The van der Waals surface area contributed by atoms with Crippen LogP contribution in [0.4, 0.5) is 0 Å². The van der Waals surface area contributed by atoms with Crippen molar-refractivity contribution in [2.24, 2.45) is 5.92 Å². The van der Waals surface area contributed by atoms with Crippen molar-refractivity contribution in [1.82, 2.24) is 4.90 Å². The number of esters is 1. The van der Waals surface area contributed by atoms with Gasteiger partial charge in [-0.05, 0) is 45.0 Å². The molecule has 1 fully saturated rings. The summed E-state index contributed by atoms with van der Waals surface area (Å²) in [6.45, 7) is 4.61. The maximum absolute atomic E-state index is 11.7. The second-order valence-electron chi connectivity index (χ2n) is 5.97. The molecule has 1 aromatic rings. The van der Waals surface area contributed by atoms with E-state index in [2.05, 4.69) is 4.90 Å². The fourth-order valence-electron chi connectivity index (χ4n) is 2.85. The Morgan fingerprint density at radius 3 is 2.71 bits per heavy atom. The summed E-state index contributed by atoms with van der Waals surface area (Å²) in [4.78, 5) is 13.9. The highest BCUT2D eigenvalue weighted by molar-refractivity contribution is 5.72. The molecule has 134 valence electrons. The van der Waals surface area contributed by atoms with Gasteiger partial charge in [-0.1, -0.05) is 6.07 Å². The molecule has 1 N–H and O–H groups in total. The molecule has 1 aliphatic heterocycles. The van der Waals surface area contributed by atoms with Gasteiger partial charge in [-0.3, -0.25) is 4.79 Å². The minimum atomic E-state index is -0.574. The Bertz CT molecular complexity index is 514. The van der Waals surface area contributed by atoms with Crippen LogP contribution in [0.3, 0.4) is 0 Å². The van der Waals surface area contributed by atoms with Gasteiger partial charge in [0.15, 0.2) is 0 Å². The Labute approximate surface area is 143 Å². The molecule has 1 heterocycles. The van der Waals surface area contributed by atoms with E-state index < -0.39 is 6.10 Å². The topological polar surface area (TPSA) is 68.2 Å². The minimum Gasteiger partial charge on any atom is -0.497 e. The molecular weight excluding hydrogens is 310 g/mol. The van der Waals surface area contributed by atoms with Crippen molar-refractivity contribution in [2.45, 2.75) is 25.9 Å². The van der Waals surface area contributed by atoms with Gasteiger partial charge in [-0.2, -0.15) is 0 Å². The van der Waals surface area contributed by atoms with E-state index in [0.29, 0.717) is 18.9 Å². The molecule has 0 aromatic heterocycles. The van der Waals surface area contributed by atoms with Crippen molar-refractivity contribution in [2.75, 3.05) is 40.0 Å². The van der Waals surface area contributed by atoms with Crippen LogP contribution in [0.2, 0.25) is 0 Å². The Kier molecular flexibility index (Phi) is 7.34. The largest absolute Gasteiger partial charge is 0.497 e. The van der Waals surface area contributed by atoms with Crippen LogP contribution in [0, 0.1) is 5.92 Å². The van der Waals surface area contributed by atoms with Crippen LogP contribution in [0.1, 0.15) is 19.8 Å². The van der Waals surface area contributed by atoms with E-state index in [4.69, 9.17) is 14.2 Å². The molecule has 0 radical (unpaired) electrons. The van der Waals surface area contributed by atoms with E-state index in [0.717, 1.165) is 31.7 Å². The third kappa shape index (κ3) is 5.69. The predicted molar refractivity (Wildman–Crippen MR) is 90.3 cm³/mol. The van der Waals surface area contributed by atoms with Crippen LogP contribution in [0.5, 0.6) is 11.5 Å². The van der Waals surface area contributed by atoms with Gasteiger partial charge in [0, 0.05) is 12.6 Å². The quantitative estimate of drug-likeness (QED) is 0.729. The lowest BCUT2D eigenvalue weighted by molar-refractivity contribution is -0.149. The number of hydrogen-bond donors (Lipinski definition) is 1. The summed E-state index contributed by atoms with van der Waals surface area (Å²) in [5.74, 6) is 1.29. The summed E-state index contributed by atoms with van der Waals surface area (Å²) in [6, 6.07) is 7.31. The second kappa shape index (κ2) is 9.49. The number of ether oxygens (including phenoxy) is 3. The summed E-state index contributed by atoms with van der Waals surface area (Å²) in [5, 5.41) is 10.2. The number of methoxy groups -OCH3 is 1. The highest BCUT2D eigenvalue weighted by Crippen LogP contribution is 2.20. The summed E-state index contributed by atoms with van der Waals surface area (Å²) < 4.78 is 15.8. The Morgan fingerprint density at radius 1 is 1.33 bits per heavy atom. The number of hydrogen-bond acceptors (Lipinski definition) is 6. The molecular formula is C18H27NO5. The zero-order valence-electron chi connectivity index (χ0n) is 14.4. The molecule has 0 amide bonds. The van der Waals surface area contributed by atoms with E-state index in [1.165, 1.54) is 0 Å². The van der Waals surface area contributed by atoms with Crippen molar-refractivity contribution in [3.05, 3.63) is 24.3 Å². The molecule has 0 aliphatic carbocycles. The normalized spacial score (nSPS) is 17.3. The molecule has 0 saturated carbocycles. The third-order valence-corrected chi connectivity index (χ3v) is 4.16. The van der Waals surface area contributed by atoms with Crippen LogP contribution >= 0.6 is 0 Å². The van der Waals surface area contributed by atoms with Crippen LogP contribution in [-0.2, 0) is 9.53 Å². The fourth-order valence-corrected chi connectivity index (χ4v) is 2.85. The number of carbonyl (C=O) groups is 1. The molecule has 0 unspecified atom stereocenters. The maximum Gasteiger partial charge on any atom is 0.309 e. The Hall–Kier alpha value is -1.79. The lowest BCUT2D eigenvalue weighted by atomic mass is 9.97. The molecule has 1 aromatic carbocycles. The smallest absolute Gasteiger partial charge is 0.309 e. The number of aliphatic hydroxyl groups is 1. The first kappa shape index (κ1) is 18.5. The average molecular weight is 337 g/mol. The number of β-amino-alcohol motifs (C(OH)–C–C–N with tert-alkyl or cyclic N) is 1. The number of benzene rings is 1. The average Bonchev–Trinajstić information content (AvgIpc) is 2.61. The van der Waals surface area contributed by atoms with E-state index in [1.807, 2.05) is 25.1 Å². The van der Waals surface area contributed by atoms with Crippen LogP contribution in [-0.4, -0.2) is 62.0 Å². The zero-order valence-corrected chi connectivity index (χ0v) is 14.4. The van der Waals surface area contributed by atoms with E-state index in [9.17, 15) is 9.90 Å². The van der Waals surface area contributed by atoms with Crippen LogP contribution in [0.15, 0.2) is 24.3 Å². The lowest BCUT2D eigenvalue weighted by Gasteiger charge is -2.32. The number of nitrogens with zero attached hydrogens (tertiary/aromatic N) is 1. The Balaban J connectivity index is 1.69. The van der Waals surface area contributed by atoms with Crippen molar-refractivity contribution in [3.63, 3.8) is 0 Å². The molecule has 1 aliphatic rings. The van der Waals surface area contributed by atoms with Crippen molar-refractivity contribution in [3.8, 4) is 11.5 Å². The molecule has 0 bridgehead atoms. The number of carbonyl (C=O) groups excluding carboxylic acids is 1. The monoisotopic (exact) mass is 337 g/mol. The highest BCUT2D eigenvalue weighted by Gasteiger charge is 2.26. The standard InChI is InChI=1S/C18H27NO5/c1-3-23-18(21)14-7-9-19(10-8-14)12-15(20)13-24-17-6-4-5-16(11-17)22-2/h4-6,11,14-15,20H,3,7-10,12-13H2,1-2H3/t15-/m1/s1. The predicted octanol–water partition coefficient (Wildman–Crippen LogP) is 1.71. The van der Waals surface area contributed by atoms with Gasteiger partial charge in [0.25, 0.3) is 0 Å².